The van der Waals surface area contributed by atoms with E-state index in [0.29, 0.717) is 17.5 Å². The molecular formula is C39H26N4. The number of nitrogens with zero attached hydrogens (tertiary/aromatic N) is 4. The molecule has 1 aliphatic heterocycles. The third kappa shape index (κ3) is 4.59. The Morgan fingerprint density at radius 1 is 0.488 bits per heavy atom. The maximum atomic E-state index is 5.06. The van der Waals surface area contributed by atoms with Gasteiger partial charge in [0.15, 0.2) is 17.5 Å². The summed E-state index contributed by atoms with van der Waals surface area (Å²) >= 11 is 0. The van der Waals surface area contributed by atoms with E-state index in [1.165, 1.54) is 16.5 Å². The minimum atomic E-state index is 0.116. The summed E-state index contributed by atoms with van der Waals surface area (Å²) in [4.78, 5) is 19.7. The van der Waals surface area contributed by atoms with Crippen molar-refractivity contribution in [1.29, 1.82) is 0 Å². The van der Waals surface area contributed by atoms with Crippen LogP contribution in [0.5, 0.6) is 0 Å². The van der Waals surface area contributed by atoms with E-state index in [9.17, 15) is 0 Å². The Labute approximate surface area is 250 Å². The highest BCUT2D eigenvalue weighted by Gasteiger charge is 2.21. The summed E-state index contributed by atoms with van der Waals surface area (Å²) < 4.78 is 0. The number of hydrogen-bond donors (Lipinski definition) is 0. The number of aromatic nitrogens is 3. The van der Waals surface area contributed by atoms with Gasteiger partial charge in [-0.15, -0.1) is 0 Å². The fourth-order valence-corrected chi connectivity index (χ4v) is 5.89. The molecule has 1 unspecified atom stereocenters. The topological polar surface area (TPSA) is 51.0 Å². The van der Waals surface area contributed by atoms with Crippen molar-refractivity contribution in [2.45, 2.75) is 6.04 Å². The zero-order chi connectivity index (χ0) is 28.6. The van der Waals surface area contributed by atoms with Gasteiger partial charge in [-0.05, 0) is 33.5 Å². The lowest BCUT2D eigenvalue weighted by molar-refractivity contribution is 1.00. The van der Waals surface area contributed by atoms with Gasteiger partial charge in [0.25, 0.3) is 0 Å². The fraction of sp³-hybridized carbons (Fsp3) is 0.0256. The summed E-state index contributed by atoms with van der Waals surface area (Å²) in [5.74, 6) is 1.95. The van der Waals surface area contributed by atoms with E-state index in [0.717, 1.165) is 38.8 Å². The van der Waals surface area contributed by atoms with Gasteiger partial charge in [-0.2, -0.15) is 0 Å². The maximum Gasteiger partial charge on any atom is 0.164 e. The van der Waals surface area contributed by atoms with E-state index in [4.69, 9.17) is 19.9 Å². The fourth-order valence-electron chi connectivity index (χ4n) is 5.89. The minimum absolute atomic E-state index is 0.116. The average molecular weight is 551 g/mol. The van der Waals surface area contributed by atoms with Crippen molar-refractivity contribution in [3.8, 4) is 45.3 Å². The molecular weight excluding hydrogens is 524 g/mol. The molecule has 4 heteroatoms. The summed E-state index contributed by atoms with van der Waals surface area (Å²) in [7, 11) is 0. The molecule has 0 spiro atoms. The summed E-state index contributed by atoms with van der Waals surface area (Å²) in [6.07, 6.45) is 10.4. The number of aliphatic imine (C=N–C) groups is 1. The summed E-state index contributed by atoms with van der Waals surface area (Å²) in [5.41, 5.74) is 8.65. The van der Waals surface area contributed by atoms with Gasteiger partial charge in [-0.3, -0.25) is 4.99 Å². The Hall–Kier alpha value is -5.74. The Morgan fingerprint density at radius 2 is 1.12 bits per heavy atom. The lowest BCUT2D eigenvalue weighted by Gasteiger charge is -2.15. The van der Waals surface area contributed by atoms with Gasteiger partial charge in [0.1, 0.15) is 0 Å². The van der Waals surface area contributed by atoms with Crippen LogP contribution in [0.3, 0.4) is 0 Å². The molecule has 2 aliphatic rings. The molecule has 0 saturated carbocycles. The highest BCUT2D eigenvalue weighted by Crippen LogP contribution is 2.39. The first-order chi connectivity index (χ1) is 21.3. The van der Waals surface area contributed by atoms with E-state index in [-0.39, 0.29) is 6.04 Å². The van der Waals surface area contributed by atoms with Crippen LogP contribution < -0.4 is 0 Å². The maximum absolute atomic E-state index is 5.06. The molecule has 1 aromatic heterocycles. The number of rotatable bonds is 5. The van der Waals surface area contributed by atoms with Crippen molar-refractivity contribution in [2.24, 2.45) is 4.99 Å². The molecule has 0 fully saturated rings. The molecule has 0 saturated heterocycles. The van der Waals surface area contributed by atoms with E-state index in [1.807, 2.05) is 66.9 Å². The smallest absolute Gasteiger partial charge is 0.164 e. The molecule has 0 amide bonds. The molecule has 0 bridgehead atoms. The number of fused-ring (bicyclic) bond motifs is 2. The van der Waals surface area contributed by atoms with Crippen molar-refractivity contribution >= 4 is 22.6 Å². The van der Waals surface area contributed by atoms with E-state index >= 15 is 0 Å². The first-order valence-electron chi connectivity index (χ1n) is 14.4. The predicted octanol–water partition coefficient (Wildman–Crippen LogP) is 9.03. The zero-order valence-corrected chi connectivity index (χ0v) is 23.3. The predicted molar refractivity (Wildman–Crippen MR) is 177 cm³/mol. The minimum Gasteiger partial charge on any atom is -0.280 e. The molecule has 2 heterocycles. The molecule has 8 rings (SSSR count). The number of allylic oxidation sites excluding steroid dienone is 3. The van der Waals surface area contributed by atoms with Crippen LogP contribution in [0.1, 0.15) is 5.56 Å². The van der Waals surface area contributed by atoms with Crippen LogP contribution in [0, 0.1) is 0 Å². The van der Waals surface area contributed by atoms with Crippen molar-refractivity contribution < 1.29 is 0 Å². The summed E-state index contributed by atoms with van der Waals surface area (Å²) in [6.45, 7) is 0. The average Bonchev–Trinajstić information content (AvgIpc) is 3.53. The second-order valence-electron chi connectivity index (χ2n) is 10.7. The van der Waals surface area contributed by atoms with Gasteiger partial charge >= 0.3 is 0 Å². The van der Waals surface area contributed by atoms with Gasteiger partial charge in [-0.25, -0.2) is 15.0 Å². The number of benzene rings is 5. The third-order valence-corrected chi connectivity index (χ3v) is 8.03. The molecule has 202 valence electrons. The van der Waals surface area contributed by atoms with Crippen LogP contribution >= 0.6 is 0 Å². The normalized spacial score (nSPS) is 15.3. The largest absolute Gasteiger partial charge is 0.280 e. The van der Waals surface area contributed by atoms with Crippen molar-refractivity contribution in [3.05, 3.63) is 157 Å². The lowest BCUT2D eigenvalue weighted by atomic mass is 9.90. The van der Waals surface area contributed by atoms with Crippen LogP contribution in [0.15, 0.2) is 156 Å². The van der Waals surface area contributed by atoms with Gasteiger partial charge in [0.05, 0.1) is 6.04 Å². The second-order valence-corrected chi connectivity index (χ2v) is 10.7. The van der Waals surface area contributed by atoms with Crippen LogP contribution in [-0.4, -0.2) is 27.2 Å². The van der Waals surface area contributed by atoms with Gasteiger partial charge in [0.2, 0.25) is 0 Å². The first kappa shape index (κ1) is 25.0. The Balaban J connectivity index is 1.32. The SMILES string of the molecule is C1=CC2=C(c3ccc(-c4c(-c5nc(-c6ccccc6)nc(-c6ccccc6)n5)ccc5ccccc45)cc3)C=NC2C=C1. The second kappa shape index (κ2) is 10.6. The first-order valence-corrected chi connectivity index (χ1v) is 14.4. The standard InChI is InChI=1S/C39H26N4/c1-3-12-29(13-4-1)37-41-38(30-14-5-2-6-15-30)43-39(42-37)33-24-23-26-11-7-8-16-31(26)36(33)28-21-19-27(20-22-28)34-25-40-35-18-10-9-17-32(34)35/h1-25,35H. The van der Waals surface area contributed by atoms with Crippen molar-refractivity contribution in [1.82, 2.24) is 15.0 Å². The Bertz CT molecular complexity index is 2050. The molecule has 1 atom stereocenters. The molecule has 0 radical (unpaired) electrons. The van der Waals surface area contributed by atoms with E-state index in [1.54, 1.807) is 0 Å². The van der Waals surface area contributed by atoms with Crippen LogP contribution in [0.4, 0.5) is 0 Å². The lowest BCUT2D eigenvalue weighted by Crippen LogP contribution is -2.02. The monoisotopic (exact) mass is 550 g/mol. The Morgan fingerprint density at radius 3 is 1.84 bits per heavy atom. The van der Waals surface area contributed by atoms with E-state index < -0.39 is 0 Å². The van der Waals surface area contributed by atoms with Crippen molar-refractivity contribution in [3.63, 3.8) is 0 Å². The van der Waals surface area contributed by atoms with Crippen LogP contribution in [0.25, 0.3) is 61.6 Å². The van der Waals surface area contributed by atoms with Gasteiger partial charge in [0, 0.05) is 34.0 Å². The van der Waals surface area contributed by atoms with E-state index in [2.05, 4.69) is 85.0 Å². The molecule has 0 N–H and O–H groups in total. The van der Waals surface area contributed by atoms with Crippen molar-refractivity contribution in [2.75, 3.05) is 0 Å². The summed E-state index contributed by atoms with van der Waals surface area (Å²) in [6, 6.07) is 41.9. The highest BCUT2D eigenvalue weighted by molar-refractivity contribution is 6.14. The zero-order valence-electron chi connectivity index (χ0n) is 23.3. The third-order valence-electron chi connectivity index (χ3n) is 8.03. The van der Waals surface area contributed by atoms with Crippen LogP contribution in [-0.2, 0) is 0 Å². The molecule has 1 aliphatic carbocycles. The number of hydrogen-bond acceptors (Lipinski definition) is 4. The Kier molecular flexibility index (Phi) is 6.16. The van der Waals surface area contributed by atoms with Crippen LogP contribution in [0.2, 0.25) is 0 Å². The van der Waals surface area contributed by atoms with Gasteiger partial charge < -0.3 is 0 Å². The molecule has 43 heavy (non-hydrogen) atoms. The van der Waals surface area contributed by atoms with Gasteiger partial charge in [-0.1, -0.05) is 140 Å². The molecule has 4 nitrogen and oxygen atoms in total. The highest BCUT2D eigenvalue weighted by atomic mass is 15.0. The molecule has 6 aromatic rings. The molecule has 5 aromatic carbocycles. The summed E-state index contributed by atoms with van der Waals surface area (Å²) in [5, 5.41) is 2.32. The quantitative estimate of drug-likeness (QED) is 0.215.